The van der Waals surface area contributed by atoms with Gasteiger partial charge in [0, 0.05) is 29.2 Å². The SMILES string of the molecule is O=C1/C(=C/c2oc(-c3ccc(Cl)cc3)cc2CCCCCNCl)SC(=S)N1C1CC2CCC1C2. The van der Waals surface area contributed by atoms with Gasteiger partial charge in [-0.15, -0.1) is 0 Å². The fourth-order valence-corrected chi connectivity index (χ4v) is 7.22. The number of thiocarbonyl (C=S) groups is 1. The molecular weight excluding hydrogens is 507 g/mol. The smallest absolute Gasteiger partial charge is 0.266 e. The van der Waals surface area contributed by atoms with Gasteiger partial charge >= 0.3 is 0 Å². The van der Waals surface area contributed by atoms with Crippen molar-refractivity contribution in [1.29, 1.82) is 0 Å². The van der Waals surface area contributed by atoms with E-state index in [1.807, 2.05) is 35.2 Å². The van der Waals surface area contributed by atoms with E-state index < -0.39 is 0 Å². The summed E-state index contributed by atoms with van der Waals surface area (Å²) in [6, 6.07) is 9.99. The second-order valence-corrected chi connectivity index (χ2v) is 11.9. The average molecular weight is 536 g/mol. The highest BCUT2D eigenvalue weighted by molar-refractivity contribution is 8.26. The van der Waals surface area contributed by atoms with Crippen LogP contribution in [0.15, 0.2) is 39.7 Å². The molecule has 0 spiro atoms. The molecule has 1 aromatic heterocycles. The number of fused-ring (bicyclic) bond motifs is 2. The van der Waals surface area contributed by atoms with E-state index in [0.717, 1.165) is 67.2 Å². The van der Waals surface area contributed by atoms with Crippen molar-refractivity contribution in [2.75, 3.05) is 6.54 Å². The molecule has 2 heterocycles. The zero-order valence-corrected chi connectivity index (χ0v) is 22.0. The van der Waals surface area contributed by atoms with Crippen LogP contribution < -0.4 is 4.84 Å². The first-order valence-electron chi connectivity index (χ1n) is 12.0. The monoisotopic (exact) mass is 534 g/mol. The van der Waals surface area contributed by atoms with Crippen LogP contribution in [0.1, 0.15) is 56.3 Å². The standard InChI is InChI=1S/C26H28Cl2N2O2S2/c27-20-9-7-17(8-10-20)22-14-19(4-2-1-3-11-29-28)23(32-22)15-24-25(31)30(26(33)34-24)21-13-16-5-6-18(21)12-16/h7-10,14-16,18,21,29H,1-6,11-13H2/b24-15-. The Morgan fingerprint density at radius 3 is 2.71 bits per heavy atom. The summed E-state index contributed by atoms with van der Waals surface area (Å²) in [6.07, 6.45) is 10.7. The number of amides is 1. The van der Waals surface area contributed by atoms with Gasteiger partial charge in [0.1, 0.15) is 15.8 Å². The number of nitrogens with zero attached hydrogens (tertiary/aromatic N) is 1. The third-order valence-electron chi connectivity index (χ3n) is 7.31. The van der Waals surface area contributed by atoms with Gasteiger partial charge in [-0.2, -0.15) is 0 Å². The fourth-order valence-electron chi connectivity index (χ4n) is 5.61. The van der Waals surface area contributed by atoms with E-state index in [0.29, 0.717) is 20.2 Å². The molecule has 3 fully saturated rings. The molecule has 1 amide bonds. The molecule has 1 N–H and O–H groups in total. The molecule has 5 rings (SSSR count). The molecule has 3 unspecified atom stereocenters. The van der Waals surface area contributed by atoms with Crippen LogP contribution in [0.2, 0.25) is 5.02 Å². The zero-order valence-electron chi connectivity index (χ0n) is 18.9. The van der Waals surface area contributed by atoms with E-state index in [1.54, 1.807) is 0 Å². The second-order valence-electron chi connectivity index (χ2n) is 9.50. The highest BCUT2D eigenvalue weighted by atomic mass is 35.5. The van der Waals surface area contributed by atoms with E-state index in [1.165, 1.54) is 31.0 Å². The number of hydrogen-bond donors (Lipinski definition) is 1. The lowest BCUT2D eigenvalue weighted by Gasteiger charge is -2.30. The van der Waals surface area contributed by atoms with Gasteiger partial charge in [-0.25, -0.2) is 4.84 Å². The van der Waals surface area contributed by atoms with E-state index in [2.05, 4.69) is 10.9 Å². The highest BCUT2D eigenvalue weighted by Crippen LogP contribution is 2.49. The molecule has 4 nitrogen and oxygen atoms in total. The first-order chi connectivity index (χ1) is 16.5. The predicted octanol–water partition coefficient (Wildman–Crippen LogP) is 7.45. The van der Waals surface area contributed by atoms with E-state index in [9.17, 15) is 4.79 Å². The third kappa shape index (κ3) is 5.12. The lowest BCUT2D eigenvalue weighted by molar-refractivity contribution is -0.124. The molecular formula is C26H28Cl2N2O2S2. The van der Waals surface area contributed by atoms with Crippen LogP contribution in [0.4, 0.5) is 0 Å². The summed E-state index contributed by atoms with van der Waals surface area (Å²) in [4.78, 5) is 18.7. The highest BCUT2D eigenvalue weighted by Gasteiger charge is 2.48. The van der Waals surface area contributed by atoms with Crippen molar-refractivity contribution in [3.05, 3.63) is 51.6 Å². The number of thioether (sulfide) groups is 1. The summed E-state index contributed by atoms with van der Waals surface area (Å²) in [7, 11) is 0. The largest absolute Gasteiger partial charge is 0.456 e. The molecule has 2 saturated carbocycles. The number of rotatable bonds is 9. The number of benzene rings is 1. The minimum Gasteiger partial charge on any atom is -0.456 e. The van der Waals surface area contributed by atoms with Gasteiger partial charge in [-0.3, -0.25) is 9.69 Å². The number of aryl methyl sites for hydroxylation is 1. The van der Waals surface area contributed by atoms with Crippen LogP contribution in [0.3, 0.4) is 0 Å². The van der Waals surface area contributed by atoms with Crippen LogP contribution in [0, 0.1) is 11.8 Å². The third-order valence-corrected chi connectivity index (χ3v) is 9.08. The minimum absolute atomic E-state index is 0.0381. The number of carbonyl (C=O) groups excluding carboxylic acids is 1. The Bertz CT molecular complexity index is 1100. The van der Waals surface area contributed by atoms with Crippen LogP contribution in [0.25, 0.3) is 17.4 Å². The minimum atomic E-state index is 0.0381. The maximum atomic E-state index is 13.4. The molecule has 34 heavy (non-hydrogen) atoms. The second kappa shape index (κ2) is 10.8. The van der Waals surface area contributed by atoms with Crippen molar-refractivity contribution in [2.24, 2.45) is 11.8 Å². The van der Waals surface area contributed by atoms with Gasteiger partial charge < -0.3 is 4.42 Å². The molecule has 2 bridgehead atoms. The lowest BCUT2D eigenvalue weighted by atomic mass is 9.94. The number of halogens is 2. The Kier molecular flexibility index (Phi) is 7.71. The molecule has 0 radical (unpaired) electrons. The fraction of sp³-hybridized carbons (Fsp3) is 0.462. The Balaban J connectivity index is 1.39. The van der Waals surface area contributed by atoms with Crippen LogP contribution in [-0.4, -0.2) is 27.7 Å². The number of unbranched alkanes of at least 4 members (excludes halogenated alkanes) is 2. The first kappa shape index (κ1) is 24.4. The topological polar surface area (TPSA) is 45.5 Å². The maximum absolute atomic E-state index is 13.4. The summed E-state index contributed by atoms with van der Waals surface area (Å²) in [6.45, 7) is 0.793. The molecule has 1 saturated heterocycles. The van der Waals surface area contributed by atoms with Gasteiger partial charge in [0.25, 0.3) is 5.91 Å². The molecule has 8 heteroatoms. The lowest BCUT2D eigenvalue weighted by Crippen LogP contribution is -2.41. The van der Waals surface area contributed by atoms with E-state index in [-0.39, 0.29) is 11.9 Å². The first-order valence-corrected chi connectivity index (χ1v) is 14.0. The molecule has 180 valence electrons. The van der Waals surface area contributed by atoms with Gasteiger partial charge in [0.05, 0.1) is 4.91 Å². The molecule has 1 aromatic carbocycles. The molecule has 1 aliphatic heterocycles. The quantitative estimate of drug-likeness (QED) is 0.156. The van der Waals surface area contributed by atoms with Crippen LogP contribution in [0.5, 0.6) is 0 Å². The van der Waals surface area contributed by atoms with E-state index >= 15 is 0 Å². The van der Waals surface area contributed by atoms with Crippen molar-refractivity contribution >= 4 is 63.7 Å². The normalized spacial score (nSPS) is 25.3. The van der Waals surface area contributed by atoms with Crippen molar-refractivity contribution in [1.82, 2.24) is 9.74 Å². The summed E-state index contributed by atoms with van der Waals surface area (Å²) in [5.74, 6) is 2.93. The molecule has 3 aliphatic rings. The number of carbonyl (C=O) groups is 1. The number of hydrogen-bond acceptors (Lipinski definition) is 5. The molecule has 2 aromatic rings. The van der Waals surface area contributed by atoms with Crippen molar-refractivity contribution in [2.45, 2.75) is 57.4 Å². The maximum Gasteiger partial charge on any atom is 0.266 e. The predicted molar refractivity (Wildman–Crippen MR) is 145 cm³/mol. The molecule has 3 atom stereocenters. The number of furan rings is 1. The van der Waals surface area contributed by atoms with Crippen molar-refractivity contribution in [3.63, 3.8) is 0 Å². The van der Waals surface area contributed by atoms with Crippen LogP contribution >= 0.6 is 47.4 Å². The average Bonchev–Trinajstić information content (AvgIpc) is 3.59. The summed E-state index contributed by atoms with van der Waals surface area (Å²) in [5, 5.41) is 0.688. The number of nitrogens with one attached hydrogen (secondary N) is 1. The van der Waals surface area contributed by atoms with Crippen molar-refractivity contribution < 1.29 is 9.21 Å². The van der Waals surface area contributed by atoms with Gasteiger partial charge in [0.2, 0.25) is 0 Å². The molecule has 2 aliphatic carbocycles. The van der Waals surface area contributed by atoms with Gasteiger partial charge in [-0.1, -0.05) is 48.4 Å². The zero-order chi connectivity index (χ0) is 23.7. The Hall–Kier alpha value is -1.31. The Labute approximate surface area is 220 Å². The van der Waals surface area contributed by atoms with Crippen molar-refractivity contribution in [3.8, 4) is 11.3 Å². The summed E-state index contributed by atoms with van der Waals surface area (Å²) >= 11 is 18.7. The summed E-state index contributed by atoms with van der Waals surface area (Å²) < 4.78 is 6.98. The van der Waals surface area contributed by atoms with Gasteiger partial charge in [-0.05, 0) is 98.0 Å². The Morgan fingerprint density at radius 2 is 2.00 bits per heavy atom. The van der Waals surface area contributed by atoms with Crippen LogP contribution in [-0.2, 0) is 11.2 Å². The van der Waals surface area contributed by atoms with Gasteiger partial charge in [0.15, 0.2) is 0 Å². The summed E-state index contributed by atoms with van der Waals surface area (Å²) in [5.41, 5.74) is 2.07. The Morgan fingerprint density at radius 1 is 1.18 bits per heavy atom. The van der Waals surface area contributed by atoms with E-state index in [4.69, 9.17) is 40.0 Å².